The molecule has 7 heteroatoms. The van der Waals surface area contributed by atoms with E-state index in [1.807, 2.05) is 0 Å². The number of hydrogen-bond acceptors (Lipinski definition) is 3. The van der Waals surface area contributed by atoms with Gasteiger partial charge in [0.2, 0.25) is 10.0 Å². The lowest BCUT2D eigenvalue weighted by Crippen LogP contribution is -2.28. The largest absolute Gasteiger partial charge is 0.399 e. The van der Waals surface area contributed by atoms with Crippen molar-refractivity contribution >= 4 is 15.7 Å². The lowest BCUT2D eigenvalue weighted by molar-refractivity contribution is 0.482. The van der Waals surface area contributed by atoms with Gasteiger partial charge in [-0.1, -0.05) is 30.3 Å². The van der Waals surface area contributed by atoms with E-state index in [4.69, 9.17) is 5.73 Å². The molecule has 0 amide bonds. The number of nitrogens with one attached hydrogen (secondary N) is 1. The molecular weight excluding hydrogens is 298 g/mol. The van der Waals surface area contributed by atoms with E-state index >= 15 is 0 Å². The molecule has 0 saturated carbocycles. The van der Waals surface area contributed by atoms with Crippen LogP contribution in [-0.4, -0.2) is 8.42 Å². The van der Waals surface area contributed by atoms with Crippen LogP contribution in [0.1, 0.15) is 18.5 Å². The van der Waals surface area contributed by atoms with Gasteiger partial charge in [0.05, 0.1) is 0 Å². The molecule has 4 nitrogen and oxygen atoms in total. The normalized spacial score (nSPS) is 13.1. The van der Waals surface area contributed by atoms with Gasteiger partial charge in [0, 0.05) is 11.7 Å². The predicted octanol–water partition coefficient (Wildman–Crippen LogP) is 2.59. The van der Waals surface area contributed by atoms with E-state index in [0.717, 1.165) is 12.1 Å². The molecule has 0 aliphatic heterocycles. The van der Waals surface area contributed by atoms with Crippen LogP contribution in [0, 0.1) is 11.6 Å². The molecule has 0 fully saturated rings. The topological polar surface area (TPSA) is 72.2 Å². The van der Waals surface area contributed by atoms with Crippen molar-refractivity contribution in [2.75, 3.05) is 5.73 Å². The summed E-state index contributed by atoms with van der Waals surface area (Å²) in [6.45, 7) is 1.60. The molecule has 0 bridgehead atoms. The first kappa shape index (κ1) is 15.4. The Labute approximate surface area is 121 Å². The second kappa shape index (κ2) is 5.79. The van der Waals surface area contributed by atoms with Crippen molar-refractivity contribution in [3.63, 3.8) is 0 Å². The van der Waals surface area contributed by atoms with Crippen LogP contribution in [0.4, 0.5) is 14.5 Å². The Kier molecular flexibility index (Phi) is 4.24. The monoisotopic (exact) mass is 312 g/mol. The van der Waals surface area contributed by atoms with Crippen LogP contribution in [0.5, 0.6) is 0 Å². The molecule has 0 aromatic heterocycles. The maximum absolute atomic E-state index is 13.7. The van der Waals surface area contributed by atoms with Crippen molar-refractivity contribution in [2.45, 2.75) is 17.9 Å². The minimum absolute atomic E-state index is 0.165. The number of halogens is 2. The highest BCUT2D eigenvalue weighted by molar-refractivity contribution is 7.89. The van der Waals surface area contributed by atoms with E-state index < -0.39 is 32.6 Å². The molecule has 3 N–H and O–H groups in total. The summed E-state index contributed by atoms with van der Waals surface area (Å²) in [6, 6.07) is 9.76. The quantitative estimate of drug-likeness (QED) is 0.852. The molecule has 2 aromatic rings. The number of sulfonamides is 1. The number of hydrogen-bond donors (Lipinski definition) is 2. The molecule has 2 aromatic carbocycles. The number of nitrogen functional groups attached to an aromatic ring is 1. The second-order valence-electron chi connectivity index (χ2n) is 4.57. The van der Waals surface area contributed by atoms with Crippen LogP contribution in [0.3, 0.4) is 0 Å². The van der Waals surface area contributed by atoms with Gasteiger partial charge < -0.3 is 5.73 Å². The first-order valence-electron chi connectivity index (χ1n) is 6.13. The number of rotatable bonds is 4. The van der Waals surface area contributed by atoms with Crippen LogP contribution >= 0.6 is 0 Å². The summed E-state index contributed by atoms with van der Waals surface area (Å²) < 4.78 is 53.6. The molecule has 0 unspecified atom stereocenters. The van der Waals surface area contributed by atoms with Crippen LogP contribution < -0.4 is 10.5 Å². The van der Waals surface area contributed by atoms with E-state index in [-0.39, 0.29) is 5.69 Å². The molecule has 0 aliphatic carbocycles. The van der Waals surface area contributed by atoms with E-state index in [1.165, 1.54) is 0 Å². The van der Waals surface area contributed by atoms with Gasteiger partial charge in [-0.2, -0.15) is 0 Å². The van der Waals surface area contributed by atoms with Crippen LogP contribution in [0.15, 0.2) is 47.4 Å². The summed E-state index contributed by atoms with van der Waals surface area (Å²) in [7, 11) is -4.23. The molecule has 21 heavy (non-hydrogen) atoms. The summed E-state index contributed by atoms with van der Waals surface area (Å²) in [5, 5.41) is 0. The first-order valence-corrected chi connectivity index (χ1v) is 7.61. The summed E-state index contributed by atoms with van der Waals surface area (Å²) in [5.74, 6) is -2.75. The highest BCUT2D eigenvalue weighted by Gasteiger charge is 2.24. The van der Waals surface area contributed by atoms with Crippen LogP contribution in [-0.2, 0) is 10.0 Å². The van der Waals surface area contributed by atoms with E-state index in [0.29, 0.717) is 5.56 Å². The van der Waals surface area contributed by atoms with Crippen LogP contribution in [0.25, 0.3) is 0 Å². The molecule has 0 aliphatic rings. The van der Waals surface area contributed by atoms with Gasteiger partial charge in [0.1, 0.15) is 4.90 Å². The number of nitrogens with two attached hydrogens (primary N) is 1. The Morgan fingerprint density at radius 1 is 1.14 bits per heavy atom. The van der Waals surface area contributed by atoms with Crippen molar-refractivity contribution in [1.29, 1.82) is 0 Å². The maximum Gasteiger partial charge on any atom is 0.244 e. The predicted molar refractivity (Wildman–Crippen MR) is 75.9 cm³/mol. The lowest BCUT2D eigenvalue weighted by Gasteiger charge is -2.15. The fourth-order valence-corrected chi connectivity index (χ4v) is 3.24. The smallest absolute Gasteiger partial charge is 0.244 e. The Hall–Kier alpha value is -1.99. The summed E-state index contributed by atoms with van der Waals surface area (Å²) in [5.41, 5.74) is 5.90. The standard InChI is InChI=1S/C14H14F2N2O2S/c1-9(10-5-3-2-4-6-10)18-21(19,20)13-8-11(17)7-12(15)14(13)16/h2-9,18H,17H2,1H3/t9-/m0/s1. The molecular formula is C14H14F2N2O2S. The highest BCUT2D eigenvalue weighted by Crippen LogP contribution is 2.23. The minimum Gasteiger partial charge on any atom is -0.399 e. The molecule has 0 heterocycles. The molecule has 112 valence electrons. The van der Waals surface area contributed by atoms with Crippen molar-refractivity contribution in [2.24, 2.45) is 0 Å². The third-order valence-electron chi connectivity index (χ3n) is 2.94. The third kappa shape index (κ3) is 3.37. The zero-order valence-electron chi connectivity index (χ0n) is 11.2. The Bertz CT molecular complexity index is 749. The zero-order chi connectivity index (χ0) is 15.6. The Balaban J connectivity index is 2.35. The number of anilines is 1. The Morgan fingerprint density at radius 3 is 2.38 bits per heavy atom. The third-order valence-corrected chi connectivity index (χ3v) is 4.48. The fraction of sp³-hybridized carbons (Fsp3) is 0.143. The fourth-order valence-electron chi connectivity index (χ4n) is 1.89. The number of benzene rings is 2. The van der Waals surface area contributed by atoms with Gasteiger partial charge in [-0.25, -0.2) is 21.9 Å². The minimum atomic E-state index is -4.23. The van der Waals surface area contributed by atoms with Gasteiger partial charge in [0.25, 0.3) is 0 Å². The van der Waals surface area contributed by atoms with Gasteiger partial charge in [-0.15, -0.1) is 0 Å². The summed E-state index contributed by atoms with van der Waals surface area (Å²) in [6.07, 6.45) is 0. The zero-order valence-corrected chi connectivity index (χ0v) is 12.0. The highest BCUT2D eigenvalue weighted by atomic mass is 32.2. The Morgan fingerprint density at radius 2 is 1.76 bits per heavy atom. The summed E-state index contributed by atoms with van der Waals surface area (Å²) in [4.78, 5) is -0.803. The van der Waals surface area contributed by atoms with Gasteiger partial charge in [0.15, 0.2) is 11.6 Å². The first-order chi connectivity index (χ1) is 9.81. The van der Waals surface area contributed by atoms with Crippen molar-refractivity contribution < 1.29 is 17.2 Å². The molecule has 0 spiro atoms. The van der Waals surface area contributed by atoms with Crippen molar-refractivity contribution in [3.05, 3.63) is 59.7 Å². The molecule has 2 rings (SSSR count). The van der Waals surface area contributed by atoms with Gasteiger partial charge in [-0.3, -0.25) is 0 Å². The molecule has 0 saturated heterocycles. The van der Waals surface area contributed by atoms with Gasteiger partial charge in [-0.05, 0) is 24.6 Å². The van der Waals surface area contributed by atoms with Crippen molar-refractivity contribution in [1.82, 2.24) is 4.72 Å². The summed E-state index contributed by atoms with van der Waals surface area (Å²) >= 11 is 0. The second-order valence-corrected chi connectivity index (χ2v) is 6.25. The van der Waals surface area contributed by atoms with E-state index in [2.05, 4.69) is 4.72 Å². The van der Waals surface area contributed by atoms with E-state index in [9.17, 15) is 17.2 Å². The average Bonchev–Trinajstić information content (AvgIpc) is 2.43. The van der Waals surface area contributed by atoms with Crippen LogP contribution in [0.2, 0.25) is 0 Å². The average molecular weight is 312 g/mol. The van der Waals surface area contributed by atoms with E-state index in [1.54, 1.807) is 37.3 Å². The SMILES string of the molecule is C[C@H](NS(=O)(=O)c1cc(N)cc(F)c1F)c1ccccc1. The lowest BCUT2D eigenvalue weighted by atomic mass is 10.1. The van der Waals surface area contributed by atoms with Gasteiger partial charge >= 0.3 is 0 Å². The molecule has 1 atom stereocenters. The van der Waals surface area contributed by atoms with Crippen molar-refractivity contribution in [3.8, 4) is 0 Å². The molecule has 0 radical (unpaired) electrons. The maximum atomic E-state index is 13.7.